The number of rotatable bonds is 7. The molecule has 0 radical (unpaired) electrons. The Labute approximate surface area is 196 Å². The van der Waals surface area contributed by atoms with Gasteiger partial charge in [0.25, 0.3) is 5.69 Å². The predicted octanol–water partition coefficient (Wildman–Crippen LogP) is 5.15. The molecule has 0 saturated heterocycles. The van der Waals surface area contributed by atoms with Crippen molar-refractivity contribution in [1.82, 2.24) is 5.32 Å². The Balaban J connectivity index is 2.11. The van der Waals surface area contributed by atoms with Gasteiger partial charge in [0.1, 0.15) is 11.6 Å². The van der Waals surface area contributed by atoms with Gasteiger partial charge < -0.3 is 10.1 Å². The third-order valence-corrected chi connectivity index (χ3v) is 6.81. The minimum Gasteiger partial charge on any atom is -0.461 e. The monoisotopic (exact) mass is 478 g/mol. The highest BCUT2D eigenvalue weighted by molar-refractivity contribution is 7.99. The first-order valence-corrected chi connectivity index (χ1v) is 12.0. The van der Waals surface area contributed by atoms with Crippen LogP contribution in [-0.4, -0.2) is 34.8 Å². The highest BCUT2D eigenvalue weighted by atomic mass is 35.5. The number of Topliss-reactive ketones (excluding diaryl/α,β-unsaturated/α-hetero) is 1. The minimum atomic E-state index is -0.753. The van der Waals surface area contributed by atoms with Gasteiger partial charge in [0.05, 0.1) is 10.5 Å². The van der Waals surface area contributed by atoms with Crippen LogP contribution in [0.25, 0.3) is 0 Å². The number of ether oxygens (including phenoxy) is 1. The Hall–Kier alpha value is -2.32. The number of nitro groups is 1. The zero-order chi connectivity index (χ0) is 23.6. The molecule has 1 aliphatic carbocycles. The van der Waals surface area contributed by atoms with Crippen LogP contribution in [0.3, 0.4) is 0 Å². The number of thioether (sulfide) groups is 1. The zero-order valence-electron chi connectivity index (χ0n) is 18.6. The number of nitrogens with zero attached hydrogens (tertiary/aromatic N) is 1. The van der Waals surface area contributed by atoms with Crippen LogP contribution in [0.5, 0.6) is 0 Å². The highest BCUT2D eigenvalue weighted by Gasteiger charge is 2.43. The smallest absolute Gasteiger partial charge is 0.336 e. The summed E-state index contributed by atoms with van der Waals surface area (Å²) in [5.74, 6) is 0.222. The number of carbonyl (C=O) groups is 2. The summed E-state index contributed by atoms with van der Waals surface area (Å²) in [5, 5.41) is 14.8. The number of esters is 1. The van der Waals surface area contributed by atoms with E-state index in [1.807, 2.05) is 20.8 Å². The first-order valence-electron chi connectivity index (χ1n) is 10.5. The standard InChI is InChI=1S/C23H27ClN2O5S/c1-5-32-9-8-31-22(28)19-13(2)25-16-11-23(3,4)12-18(27)21(16)20(19)14-6-7-15(24)17(10-14)26(29)30/h6-7,10,20,25H,5,8-9,11-12H2,1-4H3/t20-/m0/s1. The van der Waals surface area contributed by atoms with Gasteiger partial charge in [0.2, 0.25) is 0 Å². The lowest BCUT2D eigenvalue weighted by atomic mass is 9.68. The second-order valence-corrected chi connectivity index (χ2v) is 10.5. The third-order valence-electron chi connectivity index (χ3n) is 5.62. The molecule has 32 heavy (non-hydrogen) atoms. The van der Waals surface area contributed by atoms with Gasteiger partial charge in [-0.25, -0.2) is 4.79 Å². The number of halogens is 1. The summed E-state index contributed by atoms with van der Waals surface area (Å²) in [6.45, 7) is 8.08. The van der Waals surface area contributed by atoms with E-state index in [1.165, 1.54) is 12.1 Å². The molecule has 0 aromatic heterocycles. The zero-order valence-corrected chi connectivity index (χ0v) is 20.2. The third kappa shape index (κ3) is 5.02. The summed E-state index contributed by atoms with van der Waals surface area (Å²) in [5.41, 5.74) is 2.09. The average Bonchev–Trinajstić information content (AvgIpc) is 2.69. The first kappa shape index (κ1) is 24.3. The van der Waals surface area contributed by atoms with Crippen molar-refractivity contribution in [2.45, 2.75) is 46.5 Å². The molecule has 1 aromatic carbocycles. The summed E-state index contributed by atoms with van der Waals surface area (Å²) in [4.78, 5) is 37.3. The molecule has 0 fully saturated rings. The summed E-state index contributed by atoms with van der Waals surface area (Å²) in [6.07, 6.45) is 0.960. The lowest BCUT2D eigenvalue weighted by Crippen LogP contribution is -2.38. The number of nitro benzene ring substituents is 1. The molecule has 1 aromatic rings. The van der Waals surface area contributed by atoms with Crippen molar-refractivity contribution >= 4 is 40.8 Å². The van der Waals surface area contributed by atoms with Gasteiger partial charge >= 0.3 is 5.97 Å². The van der Waals surface area contributed by atoms with Crippen molar-refractivity contribution < 1.29 is 19.2 Å². The van der Waals surface area contributed by atoms with E-state index < -0.39 is 16.8 Å². The highest BCUT2D eigenvalue weighted by Crippen LogP contribution is 2.47. The Morgan fingerprint density at radius 3 is 2.75 bits per heavy atom. The van der Waals surface area contributed by atoms with Gasteiger partial charge in [-0.2, -0.15) is 11.8 Å². The van der Waals surface area contributed by atoms with Crippen molar-refractivity contribution in [1.29, 1.82) is 0 Å². The van der Waals surface area contributed by atoms with Crippen LogP contribution in [-0.2, 0) is 14.3 Å². The number of hydrogen-bond donors (Lipinski definition) is 1. The molecule has 0 spiro atoms. The maximum absolute atomic E-state index is 13.3. The van der Waals surface area contributed by atoms with E-state index in [0.717, 1.165) is 11.4 Å². The van der Waals surface area contributed by atoms with Gasteiger partial charge in [0, 0.05) is 41.1 Å². The van der Waals surface area contributed by atoms with Gasteiger partial charge in [0.15, 0.2) is 5.78 Å². The quantitative estimate of drug-likeness (QED) is 0.250. The van der Waals surface area contributed by atoms with E-state index in [1.54, 1.807) is 24.8 Å². The Kier molecular flexibility index (Phi) is 7.35. The molecule has 7 nitrogen and oxygen atoms in total. The maximum Gasteiger partial charge on any atom is 0.336 e. The molecule has 1 atom stereocenters. The van der Waals surface area contributed by atoms with Crippen molar-refractivity contribution in [2.24, 2.45) is 5.41 Å². The van der Waals surface area contributed by atoms with Crippen molar-refractivity contribution in [2.75, 3.05) is 18.1 Å². The van der Waals surface area contributed by atoms with Crippen LogP contribution in [0.4, 0.5) is 5.69 Å². The molecule has 0 bridgehead atoms. The number of ketones is 1. The minimum absolute atomic E-state index is 0.000546. The van der Waals surface area contributed by atoms with Crippen molar-refractivity contribution in [3.63, 3.8) is 0 Å². The van der Waals surface area contributed by atoms with Crippen LogP contribution in [0, 0.1) is 15.5 Å². The number of allylic oxidation sites excluding steroid dienone is 3. The molecule has 172 valence electrons. The van der Waals surface area contributed by atoms with Gasteiger partial charge in [-0.1, -0.05) is 38.4 Å². The molecule has 2 aliphatic rings. The van der Waals surface area contributed by atoms with E-state index in [-0.39, 0.29) is 28.5 Å². The molecule has 0 unspecified atom stereocenters. The number of benzene rings is 1. The summed E-state index contributed by atoms with van der Waals surface area (Å²) in [7, 11) is 0. The van der Waals surface area contributed by atoms with E-state index in [4.69, 9.17) is 16.3 Å². The van der Waals surface area contributed by atoms with E-state index in [9.17, 15) is 19.7 Å². The number of carbonyl (C=O) groups excluding carboxylic acids is 2. The van der Waals surface area contributed by atoms with Crippen LogP contribution < -0.4 is 5.32 Å². The van der Waals surface area contributed by atoms with Gasteiger partial charge in [-0.3, -0.25) is 14.9 Å². The normalized spacial score (nSPS) is 20.0. The first-order chi connectivity index (χ1) is 15.1. The molecule has 0 amide bonds. The molecule has 3 rings (SSSR count). The molecule has 1 aliphatic heterocycles. The van der Waals surface area contributed by atoms with E-state index in [2.05, 4.69) is 5.32 Å². The van der Waals surface area contributed by atoms with Crippen molar-refractivity contribution in [3.05, 3.63) is 61.4 Å². The molecular formula is C23H27ClN2O5S. The average molecular weight is 479 g/mol. The Morgan fingerprint density at radius 2 is 2.09 bits per heavy atom. The number of dihydropyridines is 1. The number of hydrogen-bond acceptors (Lipinski definition) is 7. The van der Waals surface area contributed by atoms with E-state index in [0.29, 0.717) is 41.0 Å². The predicted molar refractivity (Wildman–Crippen MR) is 126 cm³/mol. The van der Waals surface area contributed by atoms with Crippen molar-refractivity contribution in [3.8, 4) is 0 Å². The Bertz CT molecular complexity index is 1030. The van der Waals surface area contributed by atoms with E-state index >= 15 is 0 Å². The largest absolute Gasteiger partial charge is 0.461 e. The molecular weight excluding hydrogens is 452 g/mol. The van der Waals surface area contributed by atoms with Crippen LogP contribution in [0.2, 0.25) is 5.02 Å². The fourth-order valence-corrected chi connectivity index (χ4v) is 4.98. The molecule has 1 heterocycles. The molecule has 9 heteroatoms. The lowest BCUT2D eigenvalue weighted by molar-refractivity contribution is -0.384. The SMILES string of the molecule is CCSCCOC(=O)C1=C(C)NC2=C(C(=O)CC(C)(C)C2)[C@H]1c1ccc(Cl)c([N+](=O)[O-])c1. The summed E-state index contributed by atoms with van der Waals surface area (Å²) >= 11 is 7.68. The van der Waals surface area contributed by atoms with Crippen LogP contribution in [0.15, 0.2) is 40.7 Å². The fourth-order valence-electron chi connectivity index (χ4n) is 4.30. The van der Waals surface area contributed by atoms with Crippen LogP contribution in [0.1, 0.15) is 52.0 Å². The van der Waals surface area contributed by atoms with Gasteiger partial charge in [-0.05, 0) is 36.1 Å². The fraction of sp³-hybridized carbons (Fsp3) is 0.478. The number of nitrogens with one attached hydrogen (secondary N) is 1. The summed E-state index contributed by atoms with van der Waals surface area (Å²) in [6, 6.07) is 4.42. The maximum atomic E-state index is 13.3. The Morgan fingerprint density at radius 1 is 1.38 bits per heavy atom. The summed E-state index contributed by atoms with van der Waals surface area (Å²) < 4.78 is 5.51. The second kappa shape index (κ2) is 9.67. The van der Waals surface area contributed by atoms with Crippen LogP contribution >= 0.6 is 23.4 Å². The lowest BCUT2D eigenvalue weighted by Gasteiger charge is -2.39. The molecule has 1 N–H and O–H groups in total. The second-order valence-electron chi connectivity index (χ2n) is 8.73. The van der Waals surface area contributed by atoms with Gasteiger partial charge in [-0.15, -0.1) is 0 Å². The topological polar surface area (TPSA) is 98.5 Å². The molecule has 0 saturated carbocycles.